The molecular formula is C48H48F3N5O7S2. The molecule has 1 aliphatic rings. The van der Waals surface area contributed by atoms with Crippen molar-refractivity contribution >= 4 is 50.4 Å². The molecule has 5 aromatic carbocycles. The monoisotopic (exact) mass is 927 g/mol. The Morgan fingerprint density at radius 3 is 1.85 bits per heavy atom. The van der Waals surface area contributed by atoms with Crippen molar-refractivity contribution in [3.8, 4) is 28.7 Å². The van der Waals surface area contributed by atoms with Gasteiger partial charge < -0.3 is 19.1 Å². The van der Waals surface area contributed by atoms with Crippen LogP contribution in [0.2, 0.25) is 0 Å². The lowest BCUT2D eigenvalue weighted by molar-refractivity contribution is -0.137. The Balaban J connectivity index is 0.850. The molecule has 1 amide bonds. The van der Waals surface area contributed by atoms with Gasteiger partial charge in [-0.25, -0.2) is 8.42 Å². The minimum Gasteiger partial charge on any atom is -0.494 e. The number of carbonyl (C=O) groups is 2. The zero-order chi connectivity index (χ0) is 46.8. The number of nitriles is 1. The summed E-state index contributed by atoms with van der Waals surface area (Å²) >= 11 is 5.66. The molecule has 1 fully saturated rings. The van der Waals surface area contributed by atoms with E-state index in [2.05, 4.69) is 0 Å². The van der Waals surface area contributed by atoms with Gasteiger partial charge in [0, 0.05) is 30.0 Å². The highest BCUT2D eigenvalue weighted by Crippen LogP contribution is 2.40. The minimum absolute atomic E-state index is 0.0237. The summed E-state index contributed by atoms with van der Waals surface area (Å²) in [6.07, 6.45) is 0.653. The molecule has 1 heterocycles. The summed E-state index contributed by atoms with van der Waals surface area (Å²) in [6, 6.07) is 32.2. The number of hydrogen-bond donors (Lipinski definition) is 2. The van der Waals surface area contributed by atoms with Gasteiger partial charge in [-0.2, -0.15) is 23.3 Å². The number of rotatable bonds is 21. The number of ketones is 1. The van der Waals surface area contributed by atoms with Crippen molar-refractivity contribution in [1.82, 2.24) is 4.83 Å². The number of thiocarbonyl (C=S) groups is 1. The summed E-state index contributed by atoms with van der Waals surface area (Å²) in [5.41, 5.74) is -0.149. The van der Waals surface area contributed by atoms with E-state index in [-0.39, 0.29) is 21.3 Å². The first-order valence-electron chi connectivity index (χ1n) is 20.9. The van der Waals surface area contributed by atoms with Crippen molar-refractivity contribution in [2.75, 3.05) is 36.2 Å². The Bertz CT molecular complexity index is 2640. The standard InChI is InChI=1S/C48H48F3N5O7S2/c1-47(2)45(58)55(38-22-15-36(32-52)42(31-38)48(49,50)51)46(64)56(47)37-20-13-33(14-21-37)34-16-23-39(24-17-34)62-29-9-3-7-27-61-28-8-4-10-30-63-40-25-18-35(19-26-40)44(57)41-11-5-6-12-43(41)65(59,60)54-53/h5-6,11-26,31,54H,3-4,7-10,27-30,53H2,1-2H3. The zero-order valence-electron chi connectivity index (χ0n) is 35.8. The molecule has 0 unspecified atom stereocenters. The number of anilines is 2. The van der Waals surface area contributed by atoms with Crippen LogP contribution >= 0.6 is 12.2 Å². The van der Waals surface area contributed by atoms with Crippen molar-refractivity contribution in [1.29, 1.82) is 5.26 Å². The number of sulfonamides is 1. The molecule has 12 nitrogen and oxygen atoms in total. The van der Waals surface area contributed by atoms with Gasteiger partial charge >= 0.3 is 6.18 Å². The Labute approximate surface area is 381 Å². The highest BCUT2D eigenvalue weighted by molar-refractivity contribution is 7.89. The van der Waals surface area contributed by atoms with Crippen LogP contribution in [0.1, 0.15) is 79.4 Å². The van der Waals surface area contributed by atoms with Gasteiger partial charge in [-0.15, -0.1) is 0 Å². The highest BCUT2D eigenvalue weighted by Gasteiger charge is 2.50. The molecule has 1 saturated heterocycles. The zero-order valence-corrected chi connectivity index (χ0v) is 37.4. The Hall–Kier alpha value is -6.16. The van der Waals surface area contributed by atoms with Crippen LogP contribution in [-0.4, -0.2) is 57.2 Å². The van der Waals surface area contributed by atoms with Crippen molar-refractivity contribution in [2.45, 2.75) is 69.0 Å². The van der Waals surface area contributed by atoms with E-state index in [1.807, 2.05) is 48.5 Å². The summed E-state index contributed by atoms with van der Waals surface area (Å²) in [5, 5.41) is 9.23. The van der Waals surface area contributed by atoms with Gasteiger partial charge in [0.2, 0.25) is 0 Å². The third-order valence-corrected chi connectivity index (χ3v) is 12.4. The fourth-order valence-corrected chi connectivity index (χ4v) is 8.62. The third-order valence-electron chi connectivity index (χ3n) is 10.8. The first-order valence-corrected chi connectivity index (χ1v) is 22.8. The van der Waals surface area contributed by atoms with E-state index < -0.39 is 44.6 Å². The van der Waals surface area contributed by atoms with Crippen LogP contribution in [0.15, 0.2) is 120 Å². The number of ether oxygens (including phenoxy) is 3. The molecule has 0 aromatic heterocycles. The van der Waals surface area contributed by atoms with Gasteiger partial charge in [-0.1, -0.05) is 36.4 Å². The van der Waals surface area contributed by atoms with Crippen LogP contribution in [0.25, 0.3) is 11.1 Å². The molecule has 0 aliphatic carbocycles. The molecule has 65 heavy (non-hydrogen) atoms. The Morgan fingerprint density at radius 1 is 0.769 bits per heavy atom. The van der Waals surface area contributed by atoms with Gasteiger partial charge in [0.1, 0.15) is 17.0 Å². The molecule has 0 radical (unpaired) electrons. The fourth-order valence-electron chi connectivity index (χ4n) is 7.26. The first kappa shape index (κ1) is 48.3. The average Bonchev–Trinajstić information content (AvgIpc) is 3.48. The van der Waals surface area contributed by atoms with Crippen molar-refractivity contribution < 1.29 is 45.4 Å². The summed E-state index contributed by atoms with van der Waals surface area (Å²) < 4.78 is 83.2. The molecule has 17 heteroatoms. The van der Waals surface area contributed by atoms with E-state index in [9.17, 15) is 36.4 Å². The molecule has 5 aromatic rings. The number of amides is 1. The van der Waals surface area contributed by atoms with E-state index in [0.29, 0.717) is 43.4 Å². The van der Waals surface area contributed by atoms with E-state index in [1.54, 1.807) is 60.0 Å². The van der Waals surface area contributed by atoms with Crippen LogP contribution in [0, 0.1) is 11.3 Å². The molecule has 0 atom stereocenters. The summed E-state index contributed by atoms with van der Waals surface area (Å²) in [5.74, 6) is 5.57. The predicted molar refractivity (Wildman–Crippen MR) is 245 cm³/mol. The van der Waals surface area contributed by atoms with Gasteiger partial charge in [0.15, 0.2) is 10.9 Å². The van der Waals surface area contributed by atoms with E-state index >= 15 is 0 Å². The Kier molecular flexibility index (Phi) is 15.8. The molecule has 6 rings (SSSR count). The number of alkyl halides is 3. The molecule has 1 aliphatic heterocycles. The quantitative estimate of drug-likeness (QED) is 0.0237. The summed E-state index contributed by atoms with van der Waals surface area (Å²) in [4.78, 5) is 30.8. The normalized spacial score (nSPS) is 13.8. The van der Waals surface area contributed by atoms with Crippen LogP contribution in [0.5, 0.6) is 11.5 Å². The van der Waals surface area contributed by atoms with Crippen molar-refractivity contribution in [3.63, 3.8) is 0 Å². The molecule has 0 bridgehead atoms. The molecule has 0 saturated carbocycles. The maximum atomic E-state index is 13.7. The van der Waals surface area contributed by atoms with Gasteiger partial charge in [0.05, 0.1) is 41.0 Å². The summed E-state index contributed by atoms with van der Waals surface area (Å²) in [6.45, 7) is 5.72. The van der Waals surface area contributed by atoms with Gasteiger partial charge in [-0.3, -0.25) is 20.3 Å². The van der Waals surface area contributed by atoms with Gasteiger partial charge in [0.25, 0.3) is 15.9 Å². The number of halogens is 3. The minimum atomic E-state index is -4.79. The number of nitrogens with two attached hydrogens (primary N) is 1. The highest BCUT2D eigenvalue weighted by atomic mass is 32.2. The lowest BCUT2D eigenvalue weighted by Gasteiger charge is -2.29. The smallest absolute Gasteiger partial charge is 0.417 e. The second-order valence-corrected chi connectivity index (χ2v) is 17.7. The molecule has 340 valence electrons. The Morgan fingerprint density at radius 2 is 1.29 bits per heavy atom. The largest absolute Gasteiger partial charge is 0.494 e. The number of hydrazine groups is 1. The van der Waals surface area contributed by atoms with Crippen LogP contribution < -0.4 is 29.9 Å². The van der Waals surface area contributed by atoms with E-state index in [1.165, 1.54) is 24.3 Å². The maximum Gasteiger partial charge on any atom is 0.417 e. The van der Waals surface area contributed by atoms with Crippen LogP contribution in [0.3, 0.4) is 0 Å². The molecular weight excluding hydrogens is 880 g/mol. The second kappa shape index (κ2) is 21.2. The number of nitrogens with zero attached hydrogens (tertiary/aromatic N) is 3. The van der Waals surface area contributed by atoms with Crippen molar-refractivity contribution in [2.24, 2.45) is 5.84 Å². The lowest BCUT2D eigenvalue weighted by Crippen LogP contribution is -2.44. The topological polar surface area (TPSA) is 164 Å². The van der Waals surface area contributed by atoms with E-state index in [4.69, 9.17) is 32.3 Å². The number of unbranched alkanes of at least 4 members (excludes halogenated alkanes) is 4. The predicted octanol–water partition coefficient (Wildman–Crippen LogP) is 9.36. The number of carbonyl (C=O) groups excluding carboxylic acids is 2. The fraction of sp³-hybridized carbons (Fsp3) is 0.292. The second-order valence-electron chi connectivity index (χ2n) is 15.6. The van der Waals surface area contributed by atoms with Crippen molar-refractivity contribution in [3.05, 3.63) is 138 Å². The van der Waals surface area contributed by atoms with Crippen LogP contribution in [0.4, 0.5) is 24.5 Å². The summed E-state index contributed by atoms with van der Waals surface area (Å²) in [7, 11) is -4.01. The SMILES string of the molecule is CC1(C)C(=O)N(c2ccc(C#N)c(C(F)(F)F)c2)C(=S)N1c1ccc(-c2ccc(OCCCCCOCCCCCOc3ccc(C(=O)c4ccccc4S(=O)(=O)NN)cc3)cc2)cc1. The molecule has 0 spiro atoms. The number of hydrogen-bond acceptors (Lipinski definition) is 10. The van der Waals surface area contributed by atoms with Crippen LogP contribution in [-0.2, 0) is 25.7 Å². The first-order chi connectivity index (χ1) is 31.1. The van der Waals surface area contributed by atoms with E-state index in [0.717, 1.165) is 72.4 Å². The maximum absolute atomic E-state index is 13.7. The number of benzene rings is 5. The average molecular weight is 928 g/mol. The van der Waals surface area contributed by atoms with Gasteiger partial charge in [-0.05, 0) is 155 Å². The molecule has 3 N–H and O–H groups in total. The number of nitrogens with one attached hydrogen (secondary N) is 1. The third kappa shape index (κ3) is 11.6. The lowest BCUT2D eigenvalue weighted by atomic mass is 10.0.